The molecule has 1 saturated heterocycles. The average Bonchev–Trinajstić information content (AvgIpc) is 2.01. The van der Waals surface area contributed by atoms with E-state index < -0.39 is 0 Å². The van der Waals surface area contributed by atoms with Crippen molar-refractivity contribution >= 4 is 21.0 Å². The molecule has 0 radical (unpaired) electrons. The molecule has 1 fully saturated rings. The van der Waals surface area contributed by atoms with E-state index >= 15 is 0 Å². The molecule has 4 heteroatoms. The molecule has 5 atom stereocenters. The molecule has 0 aromatic rings. The fourth-order valence-electron chi connectivity index (χ4n) is 1.40. The highest BCUT2D eigenvalue weighted by atomic mass is 32.2. The molecule has 66 valence electrons. The number of nitrogens with two attached hydrogens (primary N) is 1. The normalized spacial score (nSPS) is 45.8. The predicted molar refractivity (Wildman–Crippen MR) is 55.9 cm³/mol. The molecular weight excluding hydrogens is 175 g/mol. The summed E-state index contributed by atoms with van der Waals surface area (Å²) < 4.78 is 0. The number of nitrogens with one attached hydrogen (secondary N) is 1. The van der Waals surface area contributed by atoms with Crippen LogP contribution < -0.4 is 11.1 Å². The van der Waals surface area contributed by atoms with Gasteiger partial charge in [-0.05, 0) is 12.2 Å². The fourth-order valence-corrected chi connectivity index (χ4v) is 3.14. The van der Waals surface area contributed by atoms with Gasteiger partial charge in [-0.25, -0.2) is 0 Å². The van der Waals surface area contributed by atoms with Gasteiger partial charge < -0.3 is 11.1 Å². The van der Waals surface area contributed by atoms with E-state index in [9.17, 15) is 0 Å². The van der Waals surface area contributed by atoms with Crippen molar-refractivity contribution in [3.63, 3.8) is 0 Å². The van der Waals surface area contributed by atoms with Crippen LogP contribution in [-0.2, 0) is 0 Å². The third kappa shape index (κ3) is 2.09. The summed E-state index contributed by atoms with van der Waals surface area (Å²) in [5.41, 5.74) is 6.52. The van der Waals surface area contributed by atoms with Crippen LogP contribution in [0.1, 0.15) is 6.92 Å². The van der Waals surface area contributed by atoms with Gasteiger partial charge in [-0.1, -0.05) is 6.92 Å². The summed E-state index contributed by atoms with van der Waals surface area (Å²) in [4.78, 5) is 0. The van der Waals surface area contributed by atoms with E-state index in [0.29, 0.717) is 23.0 Å². The van der Waals surface area contributed by atoms with Crippen molar-refractivity contribution in [1.29, 1.82) is 0 Å². The largest absolute Gasteiger partial charge is 0.327 e. The van der Waals surface area contributed by atoms with Crippen LogP contribution in [0.25, 0.3) is 0 Å². The van der Waals surface area contributed by atoms with E-state index in [0.717, 1.165) is 6.54 Å². The lowest BCUT2D eigenvalue weighted by molar-refractivity contribution is 0.343. The molecule has 0 spiro atoms. The van der Waals surface area contributed by atoms with Gasteiger partial charge in [-0.2, -0.15) is 0 Å². The third-order valence-corrected chi connectivity index (χ3v) is 4.44. The van der Waals surface area contributed by atoms with Crippen LogP contribution in [0.15, 0.2) is 0 Å². The quantitative estimate of drug-likeness (QED) is 0.594. The summed E-state index contributed by atoms with van der Waals surface area (Å²) in [5, 5.41) is 3.98. The Bertz CT molecular complexity index is 132. The van der Waals surface area contributed by atoms with Crippen molar-refractivity contribution in [3.05, 3.63) is 0 Å². The maximum atomic E-state index is 6.01. The van der Waals surface area contributed by atoms with Gasteiger partial charge in [0.05, 0.1) is 5.37 Å². The molecule has 1 aliphatic rings. The van der Waals surface area contributed by atoms with Gasteiger partial charge in [0.15, 0.2) is 0 Å². The van der Waals surface area contributed by atoms with E-state index in [4.69, 9.17) is 5.73 Å². The minimum Gasteiger partial charge on any atom is -0.327 e. The number of piperidine rings is 1. The summed E-state index contributed by atoms with van der Waals surface area (Å²) in [6.45, 7) is 3.25. The standard InChI is InChI=1S/C7H17N2PS/c1-4-3-9-7(11-2)6(10)5(4)8/h4-7,9H,3,8,10H2,1-2H3. The van der Waals surface area contributed by atoms with Crippen LogP contribution in [0.2, 0.25) is 0 Å². The van der Waals surface area contributed by atoms with E-state index in [1.807, 2.05) is 11.8 Å². The van der Waals surface area contributed by atoms with Gasteiger partial charge in [0.1, 0.15) is 0 Å². The SMILES string of the molecule is CSC1NCC(C)C(N)C1P. The lowest BCUT2D eigenvalue weighted by atomic mass is 9.96. The Morgan fingerprint density at radius 2 is 2.27 bits per heavy atom. The molecule has 1 rings (SSSR count). The Labute approximate surface area is 75.3 Å². The second-order valence-electron chi connectivity index (χ2n) is 3.20. The molecule has 5 unspecified atom stereocenters. The van der Waals surface area contributed by atoms with Crippen LogP contribution in [0.4, 0.5) is 0 Å². The molecular formula is C7H17N2PS. The lowest BCUT2D eigenvalue weighted by Crippen LogP contribution is -2.55. The fraction of sp³-hybridized carbons (Fsp3) is 1.00. The van der Waals surface area contributed by atoms with E-state index in [1.54, 1.807) is 0 Å². The first-order valence-electron chi connectivity index (χ1n) is 3.94. The topological polar surface area (TPSA) is 38.0 Å². The number of hydrogen-bond acceptors (Lipinski definition) is 3. The van der Waals surface area contributed by atoms with Crippen molar-refractivity contribution in [2.75, 3.05) is 12.8 Å². The van der Waals surface area contributed by atoms with Gasteiger partial charge in [0.2, 0.25) is 0 Å². The van der Waals surface area contributed by atoms with Crippen molar-refractivity contribution in [2.24, 2.45) is 11.7 Å². The molecule has 2 nitrogen and oxygen atoms in total. The van der Waals surface area contributed by atoms with Crippen LogP contribution >= 0.6 is 21.0 Å². The van der Waals surface area contributed by atoms with Crippen molar-refractivity contribution < 1.29 is 0 Å². The summed E-state index contributed by atoms with van der Waals surface area (Å²) in [5.74, 6) is 0.598. The summed E-state index contributed by atoms with van der Waals surface area (Å²) >= 11 is 1.85. The summed E-state index contributed by atoms with van der Waals surface area (Å²) in [6, 6.07) is 0.332. The predicted octanol–water partition coefficient (Wildman–Crippen LogP) is 0.486. The number of hydrogen-bond donors (Lipinski definition) is 2. The molecule has 0 aromatic carbocycles. The van der Waals surface area contributed by atoms with Crippen molar-refractivity contribution in [2.45, 2.75) is 24.0 Å². The zero-order valence-corrected chi connectivity index (χ0v) is 9.05. The highest BCUT2D eigenvalue weighted by Gasteiger charge is 2.31. The summed E-state index contributed by atoms with van der Waals surface area (Å²) in [6.07, 6.45) is 2.12. The molecule has 0 aliphatic carbocycles. The first-order chi connectivity index (χ1) is 5.16. The second kappa shape index (κ2) is 4.08. The molecule has 11 heavy (non-hydrogen) atoms. The Kier molecular flexibility index (Phi) is 3.63. The van der Waals surface area contributed by atoms with Gasteiger partial charge in [0, 0.05) is 18.2 Å². The Morgan fingerprint density at radius 1 is 1.64 bits per heavy atom. The van der Waals surface area contributed by atoms with E-state index in [-0.39, 0.29) is 0 Å². The molecule has 1 heterocycles. The second-order valence-corrected chi connectivity index (χ2v) is 4.95. The number of rotatable bonds is 1. The van der Waals surface area contributed by atoms with Crippen LogP contribution in [-0.4, -0.2) is 29.9 Å². The maximum Gasteiger partial charge on any atom is 0.0607 e. The Morgan fingerprint density at radius 3 is 2.82 bits per heavy atom. The molecule has 0 bridgehead atoms. The van der Waals surface area contributed by atoms with E-state index in [2.05, 4.69) is 27.7 Å². The highest BCUT2D eigenvalue weighted by molar-refractivity contribution is 7.99. The van der Waals surface area contributed by atoms with Gasteiger partial charge in [0.25, 0.3) is 0 Å². The smallest absolute Gasteiger partial charge is 0.0607 e. The van der Waals surface area contributed by atoms with Crippen molar-refractivity contribution in [3.8, 4) is 0 Å². The lowest BCUT2D eigenvalue weighted by Gasteiger charge is -2.37. The van der Waals surface area contributed by atoms with Crippen LogP contribution in [0, 0.1) is 5.92 Å². The monoisotopic (exact) mass is 192 g/mol. The van der Waals surface area contributed by atoms with Gasteiger partial charge in [-0.3, -0.25) is 0 Å². The van der Waals surface area contributed by atoms with Gasteiger partial charge in [-0.15, -0.1) is 21.0 Å². The summed E-state index contributed by atoms with van der Waals surface area (Å²) in [7, 11) is 2.84. The Balaban J connectivity index is 2.52. The van der Waals surface area contributed by atoms with Crippen LogP contribution in [0.3, 0.4) is 0 Å². The zero-order valence-electron chi connectivity index (χ0n) is 7.08. The zero-order chi connectivity index (χ0) is 8.43. The molecule has 0 aromatic heterocycles. The maximum absolute atomic E-state index is 6.01. The third-order valence-electron chi connectivity index (χ3n) is 2.35. The Hall–Kier alpha value is 0.700. The van der Waals surface area contributed by atoms with Gasteiger partial charge >= 0.3 is 0 Å². The average molecular weight is 192 g/mol. The molecule has 1 aliphatic heterocycles. The van der Waals surface area contributed by atoms with E-state index in [1.165, 1.54) is 0 Å². The molecule has 0 saturated carbocycles. The highest BCUT2D eigenvalue weighted by Crippen LogP contribution is 2.25. The molecule has 3 N–H and O–H groups in total. The van der Waals surface area contributed by atoms with Crippen LogP contribution in [0.5, 0.6) is 0 Å². The minimum atomic E-state index is 0.332. The van der Waals surface area contributed by atoms with Crippen molar-refractivity contribution in [1.82, 2.24) is 5.32 Å². The first kappa shape index (κ1) is 9.79. The first-order valence-corrected chi connectivity index (χ1v) is 5.89. The minimum absolute atomic E-state index is 0.332. The molecule has 0 amide bonds. The number of thioether (sulfide) groups is 1.